The Morgan fingerprint density at radius 1 is 1.20 bits per heavy atom. The largest absolute Gasteiger partial charge is 0.465 e. The third kappa shape index (κ3) is 4.77. The number of benzene rings is 2. The number of nitriles is 1. The molecule has 5 aliphatic heterocycles. The number of nitrogens with zero attached hydrogens (tertiary/aromatic N) is 6. The lowest BCUT2D eigenvalue weighted by molar-refractivity contribution is 0.107. The van der Waals surface area contributed by atoms with Crippen molar-refractivity contribution in [2.45, 2.75) is 69.1 Å². The Morgan fingerprint density at radius 2 is 2.00 bits per heavy atom. The number of amides is 1. The number of likely N-dealkylation sites (tertiary alicyclic amines) is 1. The van der Waals surface area contributed by atoms with Crippen LogP contribution in [0.1, 0.15) is 48.8 Å². The van der Waals surface area contributed by atoms with Crippen molar-refractivity contribution in [1.29, 1.82) is 5.26 Å². The third-order valence-electron chi connectivity index (χ3n) is 11.2. The van der Waals surface area contributed by atoms with Crippen LogP contribution >= 0.6 is 11.3 Å². The summed E-state index contributed by atoms with van der Waals surface area (Å²) in [6.07, 6.45) is 1.98. The van der Waals surface area contributed by atoms with E-state index >= 15 is 4.39 Å². The molecule has 0 aliphatic carbocycles. The molecular weight excluding hydrogens is 652 g/mol. The van der Waals surface area contributed by atoms with Gasteiger partial charge in [-0.2, -0.15) is 15.2 Å². The summed E-state index contributed by atoms with van der Waals surface area (Å²) in [5.41, 5.74) is 2.03. The van der Waals surface area contributed by atoms with Gasteiger partial charge in [0.25, 0.3) is 0 Å². The standard InChI is InChI=1S/C35H35F2N7O4S/c1-42-13-19-6-7-20(14-42)44(19)31-28-24-16-47-15-23(24)27(21-4-2-5-25-26(21)22(11-38)32(49-25)41-34(45)46)29(37)30(28)39-33(40-31)48-17-35-8-3-9-43(35)12-18(36)10-35/h2,4-5,18-20,41H,3,6-10,12-17H2,1H3,(H,45,46)/t18-,19?,20?,35+/m1/s1. The van der Waals surface area contributed by atoms with Crippen molar-refractivity contribution in [3.63, 3.8) is 0 Å². The van der Waals surface area contributed by atoms with E-state index in [0.29, 0.717) is 45.4 Å². The van der Waals surface area contributed by atoms with Crippen LogP contribution in [-0.2, 0) is 18.0 Å². The van der Waals surface area contributed by atoms with Crippen LogP contribution in [0.25, 0.3) is 32.1 Å². The van der Waals surface area contributed by atoms with Crippen LogP contribution in [0.3, 0.4) is 0 Å². The van der Waals surface area contributed by atoms with Crippen molar-refractivity contribution < 1.29 is 28.2 Å². The Balaban J connectivity index is 1.25. The number of alkyl halides is 1. The van der Waals surface area contributed by atoms with Crippen LogP contribution in [0.4, 0.5) is 24.4 Å². The maximum Gasteiger partial charge on any atom is 0.409 e. The van der Waals surface area contributed by atoms with E-state index in [9.17, 15) is 19.6 Å². The Morgan fingerprint density at radius 3 is 2.78 bits per heavy atom. The van der Waals surface area contributed by atoms with Gasteiger partial charge in [-0.3, -0.25) is 10.2 Å². The summed E-state index contributed by atoms with van der Waals surface area (Å²) in [6.45, 7) is 3.56. The Hall–Kier alpha value is -4.16. The molecule has 2 aromatic carbocycles. The summed E-state index contributed by atoms with van der Waals surface area (Å²) >= 11 is 1.13. The first-order valence-corrected chi connectivity index (χ1v) is 17.6. The summed E-state index contributed by atoms with van der Waals surface area (Å²) in [5.74, 6) is 0.0673. The number of rotatable bonds is 6. The summed E-state index contributed by atoms with van der Waals surface area (Å²) in [4.78, 5) is 28.2. The highest BCUT2D eigenvalue weighted by molar-refractivity contribution is 7.23. The van der Waals surface area contributed by atoms with E-state index in [-0.39, 0.29) is 59.6 Å². The van der Waals surface area contributed by atoms with Crippen molar-refractivity contribution >= 4 is 49.2 Å². The molecule has 254 valence electrons. The molecule has 4 saturated heterocycles. The van der Waals surface area contributed by atoms with Crippen molar-refractivity contribution in [2.75, 3.05) is 50.1 Å². The summed E-state index contributed by atoms with van der Waals surface area (Å²) in [6, 6.07) is 7.92. The molecule has 14 heteroatoms. The Kier molecular flexibility index (Phi) is 7.21. The number of nitrogens with one attached hydrogen (secondary N) is 1. The molecule has 2 unspecified atom stereocenters. The van der Waals surface area contributed by atoms with Gasteiger partial charge in [-0.25, -0.2) is 13.6 Å². The quantitative estimate of drug-likeness (QED) is 0.254. The molecule has 4 aromatic rings. The second kappa shape index (κ2) is 11.4. The van der Waals surface area contributed by atoms with E-state index in [1.165, 1.54) is 0 Å². The van der Waals surface area contributed by atoms with Gasteiger partial charge in [0.05, 0.1) is 29.7 Å². The average molecular weight is 688 g/mol. The van der Waals surface area contributed by atoms with Gasteiger partial charge in [-0.1, -0.05) is 12.1 Å². The van der Waals surface area contributed by atoms with Gasteiger partial charge in [0.15, 0.2) is 5.82 Å². The molecule has 1 amide bonds. The van der Waals surface area contributed by atoms with Crippen LogP contribution < -0.4 is 15.0 Å². The summed E-state index contributed by atoms with van der Waals surface area (Å²) in [7, 11) is 2.12. The van der Waals surface area contributed by atoms with Crippen LogP contribution in [-0.4, -0.2) is 94.6 Å². The maximum absolute atomic E-state index is 17.5. The fraction of sp³-hybridized carbons (Fsp3) is 0.486. The lowest BCUT2D eigenvalue weighted by Gasteiger charge is -2.41. The Labute approximate surface area is 285 Å². The second-order valence-corrected chi connectivity index (χ2v) is 15.1. The predicted molar refractivity (Wildman–Crippen MR) is 181 cm³/mol. The molecular formula is C35H35F2N7O4S. The molecule has 4 fully saturated rings. The molecule has 5 aliphatic rings. The van der Waals surface area contributed by atoms with Gasteiger partial charge in [0.1, 0.15) is 35.2 Å². The molecule has 0 radical (unpaired) electrons. The molecule has 4 atom stereocenters. The van der Waals surface area contributed by atoms with Crippen LogP contribution in [0, 0.1) is 17.1 Å². The number of ether oxygens (including phenoxy) is 2. The molecule has 49 heavy (non-hydrogen) atoms. The van der Waals surface area contributed by atoms with E-state index in [0.717, 1.165) is 62.2 Å². The molecule has 11 nitrogen and oxygen atoms in total. The number of carbonyl (C=O) groups is 1. The summed E-state index contributed by atoms with van der Waals surface area (Å²) in [5, 5.41) is 23.2. The van der Waals surface area contributed by atoms with Crippen LogP contribution in [0.2, 0.25) is 0 Å². The average Bonchev–Trinajstić information content (AvgIpc) is 3.87. The van der Waals surface area contributed by atoms with Crippen molar-refractivity contribution in [2.24, 2.45) is 0 Å². The number of halogens is 2. The van der Waals surface area contributed by atoms with Gasteiger partial charge in [0, 0.05) is 53.8 Å². The van der Waals surface area contributed by atoms with E-state index in [2.05, 4.69) is 33.1 Å². The number of fused-ring (bicyclic) bond motifs is 7. The number of likely N-dealkylation sites (N-methyl/N-ethyl adjacent to an activating group) is 1. The lowest BCUT2D eigenvalue weighted by atomic mass is 9.90. The highest BCUT2D eigenvalue weighted by Crippen LogP contribution is 2.49. The number of piperazine rings is 1. The fourth-order valence-electron chi connectivity index (χ4n) is 9.28. The van der Waals surface area contributed by atoms with E-state index in [1.807, 2.05) is 0 Å². The van der Waals surface area contributed by atoms with Gasteiger partial charge in [0.2, 0.25) is 0 Å². The Bertz CT molecular complexity index is 2070. The zero-order valence-electron chi connectivity index (χ0n) is 27.0. The molecule has 2 bridgehead atoms. The monoisotopic (exact) mass is 687 g/mol. The second-order valence-electron chi connectivity index (χ2n) is 14.1. The lowest BCUT2D eigenvalue weighted by Crippen LogP contribution is -2.53. The smallest absolute Gasteiger partial charge is 0.409 e. The fourth-order valence-corrected chi connectivity index (χ4v) is 10.3. The van der Waals surface area contributed by atoms with E-state index in [4.69, 9.17) is 19.4 Å². The normalized spacial score (nSPS) is 26.4. The topological polar surface area (TPSA) is 127 Å². The van der Waals surface area contributed by atoms with Gasteiger partial charge < -0.3 is 24.4 Å². The van der Waals surface area contributed by atoms with Crippen LogP contribution in [0.15, 0.2) is 18.2 Å². The number of carboxylic acid groups (broad SMARTS) is 1. The van der Waals surface area contributed by atoms with Gasteiger partial charge >= 0.3 is 12.1 Å². The maximum atomic E-state index is 17.5. The van der Waals surface area contributed by atoms with E-state index < -0.39 is 23.6 Å². The highest BCUT2D eigenvalue weighted by atomic mass is 32.1. The van der Waals surface area contributed by atoms with Crippen molar-refractivity contribution in [3.05, 3.63) is 40.7 Å². The highest BCUT2D eigenvalue weighted by Gasteiger charge is 2.50. The number of hydrogen-bond acceptors (Lipinski definition) is 10. The zero-order valence-corrected chi connectivity index (χ0v) is 27.8. The predicted octanol–water partition coefficient (Wildman–Crippen LogP) is 5.88. The number of aromatic nitrogens is 2. The van der Waals surface area contributed by atoms with Gasteiger partial charge in [-0.15, -0.1) is 11.3 Å². The first-order chi connectivity index (χ1) is 23.7. The summed E-state index contributed by atoms with van der Waals surface area (Å²) < 4.78 is 45.2. The molecule has 9 rings (SSSR count). The molecule has 0 saturated carbocycles. The molecule has 2 aromatic heterocycles. The minimum atomic E-state index is -1.29. The van der Waals surface area contributed by atoms with Gasteiger partial charge in [-0.05, 0) is 62.0 Å². The first-order valence-electron chi connectivity index (χ1n) is 16.8. The zero-order chi connectivity index (χ0) is 33.6. The van der Waals surface area contributed by atoms with Crippen LogP contribution in [0.5, 0.6) is 6.01 Å². The molecule has 2 N–H and O–H groups in total. The first kappa shape index (κ1) is 30.9. The molecule has 0 spiro atoms. The molecule has 7 heterocycles. The number of thiophene rings is 1. The third-order valence-corrected chi connectivity index (χ3v) is 12.3. The number of anilines is 2. The minimum absolute atomic E-state index is 0.0625. The SMILES string of the molecule is CN1CC2CCC(C1)N2c1nc(OC[C@@]23CCCN2C[C@H](F)C3)nc2c(F)c(-c3cccc4sc(NC(=O)O)c(C#N)c34)c3c(c12)COC3. The van der Waals surface area contributed by atoms with Crippen molar-refractivity contribution in [3.8, 4) is 23.2 Å². The minimum Gasteiger partial charge on any atom is -0.465 e. The van der Waals surface area contributed by atoms with Crippen molar-refractivity contribution in [1.82, 2.24) is 19.8 Å². The van der Waals surface area contributed by atoms with E-state index in [1.54, 1.807) is 18.2 Å². The number of hydrogen-bond donors (Lipinski definition) is 2.